The van der Waals surface area contributed by atoms with Crippen molar-refractivity contribution >= 4 is 9.84 Å². The molecule has 4 nitrogen and oxygen atoms in total. The Labute approximate surface area is 111 Å². The van der Waals surface area contributed by atoms with E-state index in [9.17, 15) is 8.42 Å². The van der Waals surface area contributed by atoms with Crippen LogP contribution in [0.4, 0.5) is 0 Å². The van der Waals surface area contributed by atoms with Gasteiger partial charge in [-0.25, -0.2) is 8.42 Å². The van der Waals surface area contributed by atoms with Crippen molar-refractivity contribution in [2.75, 3.05) is 31.3 Å². The van der Waals surface area contributed by atoms with Crippen LogP contribution in [-0.4, -0.2) is 45.7 Å². The molecule has 1 heterocycles. The van der Waals surface area contributed by atoms with Crippen LogP contribution in [0.3, 0.4) is 0 Å². The smallest absolute Gasteiger partial charge is 0.151 e. The Morgan fingerprint density at radius 2 is 2.11 bits per heavy atom. The van der Waals surface area contributed by atoms with Gasteiger partial charge in [-0.2, -0.15) is 0 Å². The second-order valence-corrected chi connectivity index (χ2v) is 7.34. The SMILES string of the molecule is CCCCCS(=O)(=O)CC(NCC)C1CCOC1. The van der Waals surface area contributed by atoms with Crippen molar-refractivity contribution in [3.8, 4) is 0 Å². The highest BCUT2D eigenvalue weighted by Crippen LogP contribution is 2.18. The van der Waals surface area contributed by atoms with E-state index < -0.39 is 9.84 Å². The number of sulfone groups is 1. The quantitative estimate of drug-likeness (QED) is 0.651. The maximum atomic E-state index is 12.1. The van der Waals surface area contributed by atoms with Gasteiger partial charge in [-0.15, -0.1) is 0 Å². The lowest BCUT2D eigenvalue weighted by Gasteiger charge is -2.23. The van der Waals surface area contributed by atoms with Crippen LogP contribution >= 0.6 is 0 Å². The average Bonchev–Trinajstić information content (AvgIpc) is 2.81. The molecule has 0 radical (unpaired) electrons. The van der Waals surface area contributed by atoms with Gasteiger partial charge in [0.1, 0.15) is 0 Å². The fraction of sp³-hybridized carbons (Fsp3) is 1.00. The summed E-state index contributed by atoms with van der Waals surface area (Å²) in [5.41, 5.74) is 0. The lowest BCUT2D eigenvalue weighted by atomic mass is 10.0. The molecule has 0 aromatic heterocycles. The summed E-state index contributed by atoms with van der Waals surface area (Å²) in [6, 6.07) is 0.0594. The Kier molecular flexibility index (Phi) is 7.19. The monoisotopic (exact) mass is 277 g/mol. The Morgan fingerprint density at radius 3 is 2.67 bits per heavy atom. The fourth-order valence-corrected chi connectivity index (χ4v) is 4.17. The number of nitrogens with one attached hydrogen (secondary N) is 1. The van der Waals surface area contributed by atoms with Crippen LogP contribution in [-0.2, 0) is 14.6 Å². The molecule has 18 heavy (non-hydrogen) atoms. The zero-order valence-corrected chi connectivity index (χ0v) is 12.5. The van der Waals surface area contributed by atoms with Gasteiger partial charge in [-0.1, -0.05) is 26.7 Å². The normalized spacial score (nSPS) is 22.2. The molecule has 0 aromatic rings. The Morgan fingerprint density at radius 1 is 1.33 bits per heavy atom. The van der Waals surface area contributed by atoms with Gasteiger partial charge in [0.15, 0.2) is 9.84 Å². The highest BCUT2D eigenvalue weighted by molar-refractivity contribution is 7.91. The maximum Gasteiger partial charge on any atom is 0.151 e. The molecule has 0 aromatic carbocycles. The van der Waals surface area contributed by atoms with Gasteiger partial charge >= 0.3 is 0 Å². The first-order valence-corrected chi connectivity index (χ1v) is 8.92. The number of rotatable bonds is 9. The molecule has 108 valence electrons. The van der Waals surface area contributed by atoms with E-state index in [1.807, 2.05) is 6.92 Å². The third-order valence-electron chi connectivity index (χ3n) is 3.49. The van der Waals surface area contributed by atoms with Gasteiger partial charge in [-0.05, 0) is 19.4 Å². The molecule has 1 N–H and O–H groups in total. The second kappa shape index (κ2) is 8.12. The van der Waals surface area contributed by atoms with E-state index in [0.717, 1.165) is 38.8 Å². The van der Waals surface area contributed by atoms with Crippen molar-refractivity contribution in [2.45, 2.75) is 45.6 Å². The van der Waals surface area contributed by atoms with E-state index in [-0.39, 0.29) is 11.8 Å². The number of unbranched alkanes of at least 4 members (excludes halogenated alkanes) is 2. The number of hydrogen-bond donors (Lipinski definition) is 1. The molecular weight excluding hydrogens is 250 g/mol. The second-order valence-electron chi connectivity index (χ2n) is 5.11. The van der Waals surface area contributed by atoms with Crippen LogP contribution in [0.5, 0.6) is 0 Å². The summed E-state index contributed by atoms with van der Waals surface area (Å²) in [6.45, 7) is 6.38. The molecule has 1 saturated heterocycles. The van der Waals surface area contributed by atoms with Crippen molar-refractivity contribution in [1.82, 2.24) is 5.32 Å². The minimum absolute atomic E-state index is 0.0594. The molecule has 0 bridgehead atoms. The van der Waals surface area contributed by atoms with E-state index in [2.05, 4.69) is 12.2 Å². The Bertz CT molecular complexity index is 310. The average molecular weight is 277 g/mol. The lowest BCUT2D eigenvalue weighted by Crippen LogP contribution is -2.42. The molecule has 1 aliphatic heterocycles. The van der Waals surface area contributed by atoms with Crippen molar-refractivity contribution in [2.24, 2.45) is 5.92 Å². The molecule has 0 saturated carbocycles. The maximum absolute atomic E-state index is 12.1. The van der Waals surface area contributed by atoms with Gasteiger partial charge in [0.2, 0.25) is 0 Å². The predicted molar refractivity (Wildman–Crippen MR) is 74.6 cm³/mol. The van der Waals surface area contributed by atoms with Crippen LogP contribution in [0, 0.1) is 5.92 Å². The highest BCUT2D eigenvalue weighted by atomic mass is 32.2. The zero-order valence-electron chi connectivity index (χ0n) is 11.7. The molecule has 2 unspecified atom stereocenters. The van der Waals surface area contributed by atoms with Gasteiger partial charge in [0.25, 0.3) is 0 Å². The summed E-state index contributed by atoms with van der Waals surface area (Å²) in [6.07, 6.45) is 3.82. The van der Waals surface area contributed by atoms with Crippen molar-refractivity contribution in [3.63, 3.8) is 0 Å². The Balaban J connectivity index is 2.47. The van der Waals surface area contributed by atoms with Gasteiger partial charge in [0, 0.05) is 18.6 Å². The molecule has 1 aliphatic rings. The summed E-state index contributed by atoms with van der Waals surface area (Å²) >= 11 is 0. The van der Waals surface area contributed by atoms with Gasteiger partial charge in [0.05, 0.1) is 18.1 Å². The summed E-state index contributed by atoms with van der Waals surface area (Å²) in [7, 11) is -2.93. The molecule has 0 spiro atoms. The van der Waals surface area contributed by atoms with Crippen molar-refractivity contribution in [1.29, 1.82) is 0 Å². The molecular formula is C13H27NO3S. The topological polar surface area (TPSA) is 55.4 Å². The van der Waals surface area contributed by atoms with Crippen LogP contribution in [0.15, 0.2) is 0 Å². The minimum Gasteiger partial charge on any atom is -0.381 e. The summed E-state index contributed by atoms with van der Waals surface area (Å²) in [4.78, 5) is 0. The van der Waals surface area contributed by atoms with E-state index in [4.69, 9.17) is 4.74 Å². The molecule has 2 atom stereocenters. The third-order valence-corrected chi connectivity index (χ3v) is 5.27. The van der Waals surface area contributed by atoms with Crippen LogP contribution < -0.4 is 5.32 Å². The van der Waals surface area contributed by atoms with Crippen LogP contribution in [0.2, 0.25) is 0 Å². The zero-order chi connectivity index (χ0) is 13.4. The van der Waals surface area contributed by atoms with Crippen molar-refractivity contribution < 1.29 is 13.2 Å². The van der Waals surface area contributed by atoms with Gasteiger partial charge < -0.3 is 10.1 Å². The lowest BCUT2D eigenvalue weighted by molar-refractivity contribution is 0.179. The molecule has 1 fully saturated rings. The first kappa shape index (κ1) is 15.9. The first-order valence-electron chi connectivity index (χ1n) is 7.10. The van der Waals surface area contributed by atoms with E-state index in [0.29, 0.717) is 18.3 Å². The molecule has 5 heteroatoms. The predicted octanol–water partition coefficient (Wildman–Crippen LogP) is 1.61. The van der Waals surface area contributed by atoms with E-state index in [1.54, 1.807) is 0 Å². The summed E-state index contributed by atoms with van der Waals surface area (Å²) in [5, 5.41) is 3.31. The van der Waals surface area contributed by atoms with E-state index in [1.165, 1.54) is 0 Å². The molecule has 0 amide bonds. The van der Waals surface area contributed by atoms with Crippen LogP contribution in [0.25, 0.3) is 0 Å². The van der Waals surface area contributed by atoms with Crippen molar-refractivity contribution in [3.05, 3.63) is 0 Å². The molecule has 1 rings (SSSR count). The largest absolute Gasteiger partial charge is 0.381 e. The number of hydrogen-bond acceptors (Lipinski definition) is 4. The summed E-state index contributed by atoms with van der Waals surface area (Å²) in [5.74, 6) is 0.945. The van der Waals surface area contributed by atoms with Gasteiger partial charge in [-0.3, -0.25) is 0 Å². The summed E-state index contributed by atoms with van der Waals surface area (Å²) < 4.78 is 29.5. The minimum atomic E-state index is -2.93. The molecule has 0 aliphatic carbocycles. The van der Waals surface area contributed by atoms with Crippen LogP contribution in [0.1, 0.15) is 39.5 Å². The highest BCUT2D eigenvalue weighted by Gasteiger charge is 2.29. The Hall–Kier alpha value is -0.130. The number of ether oxygens (including phenoxy) is 1. The van der Waals surface area contributed by atoms with E-state index >= 15 is 0 Å². The fourth-order valence-electron chi connectivity index (χ4n) is 2.42. The third kappa shape index (κ3) is 5.67. The standard InChI is InChI=1S/C13H27NO3S/c1-3-5-6-9-18(15,16)11-13(14-4-2)12-7-8-17-10-12/h12-14H,3-11H2,1-2H3. The first-order chi connectivity index (χ1) is 8.59.